The number of hydrogen-bond acceptors (Lipinski definition) is 9. The second-order valence-corrected chi connectivity index (χ2v) is 7.64. The number of nitrogen functional groups attached to an aromatic ring is 1. The van der Waals surface area contributed by atoms with Gasteiger partial charge in [0, 0.05) is 35.3 Å². The van der Waals surface area contributed by atoms with Crippen LogP contribution < -0.4 is 31.8 Å². The Hall–Kier alpha value is -4.98. The molecule has 1 unspecified atom stereocenters. The molecule has 0 aliphatic heterocycles. The zero-order valence-electron chi connectivity index (χ0n) is 19.5. The van der Waals surface area contributed by atoms with E-state index in [4.69, 9.17) is 25.7 Å². The summed E-state index contributed by atoms with van der Waals surface area (Å²) in [5, 5.41) is 24.0. The molecule has 2 aromatic heterocycles. The molecular weight excluding hydrogens is 487 g/mol. The molecule has 14 heteroatoms. The van der Waals surface area contributed by atoms with Crippen molar-refractivity contribution in [2.45, 2.75) is 6.04 Å². The second kappa shape index (κ2) is 10.7. The zero-order chi connectivity index (χ0) is 26.5. The maximum Gasteiger partial charge on any atom is 0.349 e. The van der Waals surface area contributed by atoms with E-state index < -0.39 is 23.1 Å². The molecule has 0 radical (unpaired) electrons. The van der Waals surface area contributed by atoms with Crippen LogP contribution in [-0.2, 0) is 0 Å². The first-order valence-electron chi connectivity index (χ1n) is 10.9. The van der Waals surface area contributed by atoms with Crippen LogP contribution in [-0.4, -0.2) is 56.0 Å². The monoisotopic (exact) mass is 510 g/mol. The highest BCUT2D eigenvalue weighted by molar-refractivity contribution is 5.95. The number of benzene rings is 2. The molecule has 0 fully saturated rings. The number of aromatic nitrogens is 5. The Labute approximate surface area is 208 Å². The Morgan fingerprint density at radius 3 is 2.70 bits per heavy atom. The molecule has 192 valence electrons. The molecule has 0 aliphatic rings. The number of amidine groups is 1. The van der Waals surface area contributed by atoms with Crippen LogP contribution >= 0.6 is 0 Å². The SMILES string of the molecule is COc1cc(OCCO)c(F)c(C(Nc2ccc(C(=N)N)cc2)c2nn(-c3ncc[nH]c3=O)c(=O)[nH]2)c1. The fraction of sp³-hybridized carbons (Fsp3) is 0.174. The van der Waals surface area contributed by atoms with Crippen molar-refractivity contribution in [1.82, 2.24) is 24.7 Å². The van der Waals surface area contributed by atoms with Gasteiger partial charge in [-0.2, -0.15) is 4.68 Å². The molecule has 0 bridgehead atoms. The molecule has 7 N–H and O–H groups in total. The van der Waals surface area contributed by atoms with Gasteiger partial charge in [-0.15, -0.1) is 5.10 Å². The summed E-state index contributed by atoms with van der Waals surface area (Å²) in [6, 6.07) is 8.01. The predicted molar refractivity (Wildman–Crippen MR) is 131 cm³/mol. The minimum absolute atomic E-state index is 0.0150. The summed E-state index contributed by atoms with van der Waals surface area (Å²) in [5.41, 5.74) is 5.02. The molecule has 0 saturated heterocycles. The van der Waals surface area contributed by atoms with Crippen LogP contribution in [0.4, 0.5) is 10.1 Å². The number of methoxy groups -OCH3 is 1. The van der Waals surface area contributed by atoms with E-state index in [-0.39, 0.29) is 47.8 Å². The Balaban J connectivity index is 1.86. The Morgan fingerprint density at radius 1 is 1.30 bits per heavy atom. The molecule has 1 atom stereocenters. The van der Waals surface area contributed by atoms with Crippen LogP contribution in [0.2, 0.25) is 0 Å². The zero-order valence-corrected chi connectivity index (χ0v) is 19.5. The van der Waals surface area contributed by atoms with E-state index in [9.17, 15) is 9.59 Å². The summed E-state index contributed by atoms with van der Waals surface area (Å²) in [7, 11) is 1.39. The van der Waals surface area contributed by atoms with Crippen molar-refractivity contribution in [3.8, 4) is 17.3 Å². The Bertz CT molecular complexity index is 1530. The number of aliphatic hydroxyl groups excluding tert-OH is 1. The third-order valence-corrected chi connectivity index (χ3v) is 5.24. The molecular formula is C23H23FN8O5. The molecule has 4 rings (SSSR count). The summed E-state index contributed by atoms with van der Waals surface area (Å²) >= 11 is 0. The van der Waals surface area contributed by atoms with Gasteiger partial charge in [0.1, 0.15) is 24.2 Å². The number of nitrogens with two attached hydrogens (primary N) is 1. The quantitative estimate of drug-likeness (QED) is 0.131. The molecule has 2 heterocycles. The van der Waals surface area contributed by atoms with E-state index in [2.05, 4.69) is 25.4 Å². The molecule has 0 aliphatic carbocycles. The summed E-state index contributed by atoms with van der Waals surface area (Å²) in [4.78, 5) is 33.8. The van der Waals surface area contributed by atoms with Gasteiger partial charge in [-0.05, 0) is 30.3 Å². The molecule has 2 aromatic carbocycles. The first-order chi connectivity index (χ1) is 17.8. The number of nitrogens with one attached hydrogen (secondary N) is 4. The van der Waals surface area contributed by atoms with E-state index in [1.807, 2.05) is 0 Å². The van der Waals surface area contributed by atoms with Gasteiger partial charge in [0.15, 0.2) is 17.4 Å². The van der Waals surface area contributed by atoms with E-state index in [1.165, 1.54) is 31.6 Å². The van der Waals surface area contributed by atoms with Crippen LogP contribution in [0.5, 0.6) is 11.5 Å². The lowest BCUT2D eigenvalue weighted by Crippen LogP contribution is -2.25. The fourth-order valence-electron chi connectivity index (χ4n) is 3.50. The van der Waals surface area contributed by atoms with Gasteiger partial charge < -0.3 is 30.6 Å². The number of hydrogen-bond donors (Lipinski definition) is 6. The highest BCUT2D eigenvalue weighted by Crippen LogP contribution is 2.34. The third kappa shape index (κ3) is 5.33. The number of halogens is 1. The maximum atomic E-state index is 15.7. The van der Waals surface area contributed by atoms with Crippen LogP contribution in [0, 0.1) is 11.2 Å². The van der Waals surface area contributed by atoms with Crippen molar-refractivity contribution in [3.63, 3.8) is 0 Å². The lowest BCUT2D eigenvalue weighted by Gasteiger charge is -2.21. The van der Waals surface area contributed by atoms with Crippen LogP contribution in [0.25, 0.3) is 5.82 Å². The number of ether oxygens (including phenoxy) is 2. The highest BCUT2D eigenvalue weighted by atomic mass is 19.1. The lowest BCUT2D eigenvalue weighted by atomic mass is 10.0. The van der Waals surface area contributed by atoms with Gasteiger partial charge in [-0.1, -0.05) is 0 Å². The van der Waals surface area contributed by atoms with Gasteiger partial charge in [-0.3, -0.25) is 15.2 Å². The Kier molecular flexibility index (Phi) is 7.29. The van der Waals surface area contributed by atoms with Gasteiger partial charge in [0.05, 0.1) is 13.7 Å². The number of H-pyrrole nitrogens is 2. The average molecular weight is 510 g/mol. The lowest BCUT2D eigenvalue weighted by molar-refractivity contribution is 0.195. The number of nitrogens with zero attached hydrogens (tertiary/aromatic N) is 3. The maximum absolute atomic E-state index is 15.7. The first-order valence-corrected chi connectivity index (χ1v) is 10.9. The topological polar surface area (TPSA) is 197 Å². The molecule has 37 heavy (non-hydrogen) atoms. The molecule has 0 saturated carbocycles. The highest BCUT2D eigenvalue weighted by Gasteiger charge is 2.27. The van der Waals surface area contributed by atoms with Crippen LogP contribution in [0.3, 0.4) is 0 Å². The van der Waals surface area contributed by atoms with E-state index >= 15 is 4.39 Å². The minimum Gasteiger partial charge on any atom is -0.497 e. The van der Waals surface area contributed by atoms with Gasteiger partial charge in [-0.25, -0.2) is 14.2 Å². The summed E-state index contributed by atoms with van der Waals surface area (Å²) in [6.07, 6.45) is 2.59. The summed E-state index contributed by atoms with van der Waals surface area (Å²) in [6.45, 7) is -0.505. The Morgan fingerprint density at radius 2 is 2.05 bits per heavy atom. The van der Waals surface area contributed by atoms with Crippen molar-refractivity contribution < 1.29 is 19.0 Å². The van der Waals surface area contributed by atoms with Crippen molar-refractivity contribution in [3.05, 3.63) is 92.4 Å². The van der Waals surface area contributed by atoms with Crippen molar-refractivity contribution in [2.75, 3.05) is 25.6 Å². The van der Waals surface area contributed by atoms with Gasteiger partial charge >= 0.3 is 5.69 Å². The molecule has 4 aromatic rings. The van der Waals surface area contributed by atoms with E-state index in [0.29, 0.717) is 11.3 Å². The first kappa shape index (κ1) is 25.1. The summed E-state index contributed by atoms with van der Waals surface area (Å²) < 4.78 is 27.1. The van der Waals surface area contributed by atoms with Crippen LogP contribution in [0.1, 0.15) is 23.0 Å². The molecule has 0 spiro atoms. The van der Waals surface area contributed by atoms with Gasteiger partial charge in [0.2, 0.25) is 5.82 Å². The van der Waals surface area contributed by atoms with Gasteiger partial charge in [0.25, 0.3) is 5.56 Å². The average Bonchev–Trinajstić information content (AvgIpc) is 3.28. The smallest absolute Gasteiger partial charge is 0.349 e. The second-order valence-electron chi connectivity index (χ2n) is 7.64. The number of rotatable bonds is 10. The van der Waals surface area contributed by atoms with Crippen LogP contribution in [0.15, 0.2) is 58.4 Å². The summed E-state index contributed by atoms with van der Waals surface area (Å²) in [5.74, 6) is -1.20. The molecule has 0 amide bonds. The minimum atomic E-state index is -1.12. The standard InChI is InChI=1S/C23H23FN8O5/c1-36-14-10-15(17(24)16(11-14)37-9-8-33)18(29-13-4-2-12(3-5-13)19(25)26)20-30-23(35)32(31-20)21-22(34)28-7-6-27-21/h2-7,10-11,18,29,33H,8-9H2,1H3,(H3,25,26)(H,28,34)(H,30,31,35). The number of aliphatic hydroxyl groups is 1. The number of aromatic amines is 2. The van der Waals surface area contributed by atoms with E-state index in [1.54, 1.807) is 24.3 Å². The van der Waals surface area contributed by atoms with Crippen molar-refractivity contribution in [2.24, 2.45) is 5.73 Å². The predicted octanol–water partition coefficient (Wildman–Crippen LogP) is 0.648. The fourth-order valence-corrected chi connectivity index (χ4v) is 3.50. The third-order valence-electron chi connectivity index (χ3n) is 5.24. The largest absolute Gasteiger partial charge is 0.497 e. The van der Waals surface area contributed by atoms with E-state index in [0.717, 1.165) is 4.68 Å². The normalized spacial score (nSPS) is 11.6. The van der Waals surface area contributed by atoms with Crippen molar-refractivity contribution >= 4 is 11.5 Å². The number of anilines is 1. The van der Waals surface area contributed by atoms with Crippen molar-refractivity contribution in [1.29, 1.82) is 5.41 Å². The molecule has 13 nitrogen and oxygen atoms in total.